The first-order valence-corrected chi connectivity index (χ1v) is 11.9. The van der Waals surface area contributed by atoms with Crippen molar-refractivity contribution in [1.82, 2.24) is 19.5 Å². The van der Waals surface area contributed by atoms with Gasteiger partial charge in [0.25, 0.3) is 0 Å². The van der Waals surface area contributed by atoms with Gasteiger partial charge in [0.2, 0.25) is 5.91 Å². The minimum atomic E-state index is -0.782. The third-order valence-corrected chi connectivity index (χ3v) is 7.42. The molecule has 1 amide bonds. The van der Waals surface area contributed by atoms with Gasteiger partial charge in [0.15, 0.2) is 18.2 Å². The summed E-state index contributed by atoms with van der Waals surface area (Å²) >= 11 is 0. The quantitative estimate of drug-likeness (QED) is 0.541. The summed E-state index contributed by atoms with van der Waals surface area (Å²) in [6, 6.07) is 13.9. The van der Waals surface area contributed by atoms with Crippen molar-refractivity contribution in [3.05, 3.63) is 66.1 Å². The molecule has 1 aliphatic heterocycles. The number of rotatable bonds is 6. The first kappa shape index (κ1) is 21.8. The predicted molar refractivity (Wildman–Crippen MR) is 123 cm³/mol. The van der Waals surface area contributed by atoms with E-state index in [-0.39, 0.29) is 17.9 Å². The minimum Gasteiger partial charge on any atom is -0.349 e. The van der Waals surface area contributed by atoms with E-state index in [1.165, 1.54) is 5.69 Å². The number of aromatic nitrogens is 3. The van der Waals surface area contributed by atoms with Gasteiger partial charge in [0.05, 0.1) is 18.8 Å². The van der Waals surface area contributed by atoms with E-state index in [9.17, 15) is 9.59 Å². The van der Waals surface area contributed by atoms with E-state index in [0.717, 1.165) is 43.2 Å². The number of carbonyl (C=O) groups excluding carboxylic acids is 2. The molecule has 2 aromatic heterocycles. The molecule has 33 heavy (non-hydrogen) atoms. The lowest BCUT2D eigenvalue weighted by Gasteiger charge is -2.35. The van der Waals surface area contributed by atoms with Crippen LogP contribution in [0, 0.1) is 11.8 Å². The molecular weight excluding hydrogens is 416 g/mol. The predicted octanol–water partition coefficient (Wildman–Crippen LogP) is 3.63. The summed E-state index contributed by atoms with van der Waals surface area (Å²) in [5.41, 5.74) is 3.21. The number of carbonyl (C=O) groups is 2. The van der Waals surface area contributed by atoms with E-state index in [4.69, 9.17) is 4.74 Å². The topological polar surface area (TPSA) is 76.8 Å². The third-order valence-electron chi connectivity index (χ3n) is 7.42. The van der Waals surface area contributed by atoms with Crippen molar-refractivity contribution in [3.63, 3.8) is 0 Å². The van der Waals surface area contributed by atoms with E-state index in [1.54, 1.807) is 11.1 Å². The van der Waals surface area contributed by atoms with Crippen LogP contribution in [0.1, 0.15) is 49.8 Å². The van der Waals surface area contributed by atoms with Gasteiger partial charge in [-0.1, -0.05) is 37.3 Å². The molecule has 3 heterocycles. The van der Waals surface area contributed by atoms with Gasteiger partial charge in [-0.25, -0.2) is 9.50 Å². The Kier molecular flexibility index (Phi) is 6.22. The summed E-state index contributed by atoms with van der Waals surface area (Å²) in [4.78, 5) is 31.3. The standard InChI is InChI=1S/C26H30N4O3/c1-18(20-7-9-21(10-8-20)23-11-13-27-24-12-14-28-30(23)24)26(32)29-22(17-33-25(29)16-31)15-19-5-3-2-4-6-19/h2-6,11-14,16,18,20-22,25H,7-10,15,17H2,1H3. The normalized spacial score (nSPS) is 26.4. The van der Waals surface area contributed by atoms with E-state index >= 15 is 0 Å². The van der Waals surface area contributed by atoms with Gasteiger partial charge in [-0.15, -0.1) is 0 Å². The second-order valence-corrected chi connectivity index (χ2v) is 9.32. The van der Waals surface area contributed by atoms with E-state index in [2.05, 4.69) is 28.3 Å². The Labute approximate surface area is 193 Å². The van der Waals surface area contributed by atoms with Crippen LogP contribution in [0.25, 0.3) is 5.65 Å². The van der Waals surface area contributed by atoms with Gasteiger partial charge in [0.1, 0.15) is 0 Å². The first-order chi connectivity index (χ1) is 16.2. The highest BCUT2D eigenvalue weighted by Gasteiger charge is 2.41. The Morgan fingerprint density at radius 2 is 1.91 bits per heavy atom. The Morgan fingerprint density at radius 1 is 1.12 bits per heavy atom. The molecule has 0 N–H and O–H groups in total. The zero-order valence-electron chi connectivity index (χ0n) is 18.9. The molecule has 2 fully saturated rings. The van der Waals surface area contributed by atoms with Crippen LogP contribution in [0.5, 0.6) is 0 Å². The second-order valence-electron chi connectivity index (χ2n) is 9.32. The maximum Gasteiger partial charge on any atom is 0.228 e. The molecule has 7 heteroatoms. The average Bonchev–Trinajstić information content (AvgIpc) is 3.50. The van der Waals surface area contributed by atoms with Crippen LogP contribution in [0.3, 0.4) is 0 Å². The molecule has 3 unspecified atom stereocenters. The van der Waals surface area contributed by atoms with E-state index in [0.29, 0.717) is 24.9 Å². The Morgan fingerprint density at radius 3 is 2.67 bits per heavy atom. The van der Waals surface area contributed by atoms with E-state index < -0.39 is 6.23 Å². The second kappa shape index (κ2) is 9.43. The van der Waals surface area contributed by atoms with Gasteiger partial charge in [0, 0.05) is 29.8 Å². The number of benzene rings is 1. The molecule has 1 aromatic carbocycles. The van der Waals surface area contributed by atoms with Crippen molar-refractivity contribution in [2.75, 3.05) is 6.61 Å². The number of nitrogens with zero attached hydrogens (tertiary/aromatic N) is 4. The molecular formula is C26H30N4O3. The zero-order valence-corrected chi connectivity index (χ0v) is 18.9. The van der Waals surface area contributed by atoms with Crippen LogP contribution in [0.2, 0.25) is 0 Å². The largest absolute Gasteiger partial charge is 0.349 e. The summed E-state index contributed by atoms with van der Waals surface area (Å²) in [5.74, 6) is 0.606. The lowest BCUT2D eigenvalue weighted by atomic mass is 9.75. The Hall–Kier alpha value is -3.06. The van der Waals surface area contributed by atoms with Gasteiger partial charge in [-0.05, 0) is 49.7 Å². The van der Waals surface area contributed by atoms with E-state index in [1.807, 2.05) is 41.9 Å². The molecule has 2 aliphatic rings. The summed E-state index contributed by atoms with van der Waals surface area (Å²) in [6.07, 6.45) is 8.29. The molecule has 0 radical (unpaired) electrons. The summed E-state index contributed by atoms with van der Waals surface area (Å²) in [6.45, 7) is 2.41. The van der Waals surface area contributed by atoms with Crippen molar-refractivity contribution < 1.29 is 14.3 Å². The third kappa shape index (κ3) is 4.29. The monoisotopic (exact) mass is 446 g/mol. The molecule has 0 bridgehead atoms. The summed E-state index contributed by atoms with van der Waals surface area (Å²) in [7, 11) is 0. The van der Waals surface area contributed by atoms with Crippen LogP contribution < -0.4 is 0 Å². The van der Waals surface area contributed by atoms with Gasteiger partial charge in [-0.3, -0.25) is 9.59 Å². The number of amides is 1. The lowest BCUT2D eigenvalue weighted by Crippen LogP contribution is -2.47. The molecule has 0 spiro atoms. The number of hydrogen-bond acceptors (Lipinski definition) is 5. The Bertz CT molecular complexity index is 1110. The number of hydrogen-bond donors (Lipinski definition) is 0. The number of aldehydes is 1. The van der Waals surface area contributed by atoms with Crippen molar-refractivity contribution in [2.45, 2.75) is 57.2 Å². The van der Waals surface area contributed by atoms with Crippen molar-refractivity contribution >= 4 is 17.8 Å². The van der Waals surface area contributed by atoms with Crippen LogP contribution in [0.4, 0.5) is 0 Å². The summed E-state index contributed by atoms with van der Waals surface area (Å²) < 4.78 is 7.62. The zero-order chi connectivity index (χ0) is 22.8. The molecule has 3 atom stereocenters. The fourth-order valence-corrected chi connectivity index (χ4v) is 5.55. The van der Waals surface area contributed by atoms with Crippen LogP contribution in [-0.4, -0.2) is 50.6 Å². The highest BCUT2D eigenvalue weighted by atomic mass is 16.5. The van der Waals surface area contributed by atoms with Crippen molar-refractivity contribution in [3.8, 4) is 0 Å². The lowest BCUT2D eigenvalue weighted by molar-refractivity contribution is -0.147. The molecule has 5 rings (SSSR count). The van der Waals surface area contributed by atoms with Crippen LogP contribution >= 0.6 is 0 Å². The average molecular weight is 447 g/mol. The molecule has 3 aromatic rings. The van der Waals surface area contributed by atoms with Crippen LogP contribution in [-0.2, 0) is 20.7 Å². The fraction of sp³-hybridized carbons (Fsp3) is 0.462. The van der Waals surface area contributed by atoms with Crippen molar-refractivity contribution in [2.24, 2.45) is 11.8 Å². The molecule has 1 aliphatic carbocycles. The molecule has 7 nitrogen and oxygen atoms in total. The molecule has 172 valence electrons. The maximum absolute atomic E-state index is 13.6. The Balaban J connectivity index is 1.26. The first-order valence-electron chi connectivity index (χ1n) is 11.9. The smallest absolute Gasteiger partial charge is 0.228 e. The minimum absolute atomic E-state index is 0.0346. The molecule has 1 saturated carbocycles. The van der Waals surface area contributed by atoms with Crippen LogP contribution in [0.15, 0.2) is 54.9 Å². The fourth-order valence-electron chi connectivity index (χ4n) is 5.55. The highest BCUT2D eigenvalue weighted by molar-refractivity contribution is 5.82. The van der Waals surface area contributed by atoms with Gasteiger partial charge >= 0.3 is 0 Å². The summed E-state index contributed by atoms with van der Waals surface area (Å²) in [5, 5.41) is 4.44. The maximum atomic E-state index is 13.6. The van der Waals surface area contributed by atoms with Gasteiger partial charge in [-0.2, -0.15) is 5.10 Å². The number of ether oxygens (including phenoxy) is 1. The molecule has 1 saturated heterocycles. The SMILES string of the molecule is CC(C(=O)N1C(Cc2ccccc2)COC1C=O)C1CCC(c2ccnc3ccnn23)CC1. The highest BCUT2D eigenvalue weighted by Crippen LogP contribution is 2.39. The number of fused-ring (bicyclic) bond motifs is 1. The van der Waals surface area contributed by atoms with Crippen molar-refractivity contribution in [1.29, 1.82) is 0 Å². The van der Waals surface area contributed by atoms with Gasteiger partial charge < -0.3 is 9.64 Å².